The molecule has 1 aliphatic heterocycles. The summed E-state index contributed by atoms with van der Waals surface area (Å²) in [6.45, 7) is 4.21. The van der Waals surface area contributed by atoms with Gasteiger partial charge in [-0.1, -0.05) is 42.5 Å². The summed E-state index contributed by atoms with van der Waals surface area (Å²) >= 11 is 0. The maximum Gasteiger partial charge on any atom is 0.251 e. The van der Waals surface area contributed by atoms with Gasteiger partial charge in [0.05, 0.1) is 25.1 Å². The molecule has 0 bridgehead atoms. The van der Waals surface area contributed by atoms with E-state index in [4.69, 9.17) is 4.74 Å². The number of carbonyl (C=O) groups excluding carboxylic acids is 1. The smallest absolute Gasteiger partial charge is 0.251 e. The monoisotopic (exact) mass is 403 g/mol. The number of carbonyl (C=O) groups is 1. The van der Waals surface area contributed by atoms with E-state index in [1.807, 2.05) is 48.5 Å². The van der Waals surface area contributed by atoms with Crippen LogP contribution in [0, 0.1) is 0 Å². The van der Waals surface area contributed by atoms with Gasteiger partial charge in [-0.05, 0) is 23.3 Å². The molecule has 0 spiro atoms. The molecule has 4 rings (SSSR count). The molecule has 7 heteroatoms. The number of hydrogen-bond donors (Lipinski definition) is 2. The summed E-state index contributed by atoms with van der Waals surface area (Å²) in [6, 6.07) is 19.7. The Labute approximate surface area is 176 Å². The van der Waals surface area contributed by atoms with Gasteiger partial charge in [-0.3, -0.25) is 4.79 Å². The number of nitrogens with zero attached hydrogens (tertiary/aromatic N) is 3. The van der Waals surface area contributed by atoms with E-state index < -0.39 is 0 Å². The molecule has 0 atom stereocenters. The molecule has 0 aliphatic carbocycles. The van der Waals surface area contributed by atoms with Crippen LogP contribution < -0.4 is 15.5 Å². The van der Waals surface area contributed by atoms with Gasteiger partial charge in [-0.25, -0.2) is 0 Å². The maximum absolute atomic E-state index is 12.4. The lowest BCUT2D eigenvalue weighted by molar-refractivity contribution is 0.0955. The molecule has 154 valence electrons. The summed E-state index contributed by atoms with van der Waals surface area (Å²) in [6.07, 6.45) is 1.76. The van der Waals surface area contributed by atoms with Gasteiger partial charge < -0.3 is 20.3 Å². The van der Waals surface area contributed by atoms with Gasteiger partial charge in [0, 0.05) is 37.8 Å². The van der Waals surface area contributed by atoms with Crippen molar-refractivity contribution in [1.82, 2.24) is 15.5 Å². The number of hydrogen-bond acceptors (Lipinski definition) is 6. The van der Waals surface area contributed by atoms with Gasteiger partial charge in [0.25, 0.3) is 5.91 Å². The van der Waals surface area contributed by atoms with Crippen molar-refractivity contribution in [3.63, 3.8) is 0 Å². The van der Waals surface area contributed by atoms with E-state index in [0.29, 0.717) is 24.5 Å². The van der Waals surface area contributed by atoms with Gasteiger partial charge >= 0.3 is 0 Å². The van der Waals surface area contributed by atoms with Crippen LogP contribution in [-0.2, 0) is 4.74 Å². The summed E-state index contributed by atoms with van der Waals surface area (Å²) < 4.78 is 5.39. The third-order valence-electron chi connectivity index (χ3n) is 4.99. The molecule has 2 aromatic carbocycles. The highest BCUT2D eigenvalue weighted by Crippen LogP contribution is 2.19. The van der Waals surface area contributed by atoms with Crippen molar-refractivity contribution in [2.24, 2.45) is 0 Å². The highest BCUT2D eigenvalue weighted by molar-refractivity contribution is 5.94. The highest BCUT2D eigenvalue weighted by Gasteiger charge is 2.12. The lowest BCUT2D eigenvalue weighted by Gasteiger charge is -2.28. The molecule has 1 saturated heterocycles. The number of benzene rings is 2. The van der Waals surface area contributed by atoms with E-state index in [1.54, 1.807) is 6.20 Å². The van der Waals surface area contributed by atoms with E-state index in [-0.39, 0.29) is 5.91 Å². The Bertz CT molecular complexity index is 957. The number of amides is 1. The summed E-state index contributed by atoms with van der Waals surface area (Å²) in [5.41, 5.74) is 3.89. The van der Waals surface area contributed by atoms with Crippen LogP contribution in [0.25, 0.3) is 11.1 Å². The van der Waals surface area contributed by atoms with Crippen LogP contribution in [-0.4, -0.2) is 55.5 Å². The van der Waals surface area contributed by atoms with E-state index in [0.717, 1.165) is 43.1 Å². The topological polar surface area (TPSA) is 79.4 Å². The molecule has 0 unspecified atom stereocenters. The summed E-state index contributed by atoms with van der Waals surface area (Å²) in [5, 5.41) is 14.3. The normalized spacial score (nSPS) is 13.7. The number of morpholine rings is 1. The molecule has 1 amide bonds. The molecular weight excluding hydrogens is 378 g/mol. The van der Waals surface area contributed by atoms with Crippen molar-refractivity contribution in [2.75, 3.05) is 49.6 Å². The minimum Gasteiger partial charge on any atom is -0.378 e. The van der Waals surface area contributed by atoms with Crippen LogP contribution in [0.5, 0.6) is 0 Å². The number of ether oxygens (including phenoxy) is 1. The SMILES string of the molecule is O=C(NCCNc1cc(N2CCOCC2)cnn1)c1ccc(-c2ccccc2)cc1. The average Bonchev–Trinajstić information content (AvgIpc) is 2.83. The minimum absolute atomic E-state index is 0.0930. The first-order chi connectivity index (χ1) is 14.8. The van der Waals surface area contributed by atoms with Crippen LogP contribution in [0.2, 0.25) is 0 Å². The first-order valence-corrected chi connectivity index (χ1v) is 10.1. The quantitative estimate of drug-likeness (QED) is 0.591. The van der Waals surface area contributed by atoms with Gasteiger partial charge in [-0.15, -0.1) is 5.10 Å². The molecule has 3 aromatic rings. The zero-order valence-corrected chi connectivity index (χ0v) is 16.8. The molecule has 30 heavy (non-hydrogen) atoms. The van der Waals surface area contributed by atoms with Crippen molar-refractivity contribution in [3.8, 4) is 11.1 Å². The van der Waals surface area contributed by atoms with Crippen LogP contribution in [0.15, 0.2) is 66.9 Å². The maximum atomic E-state index is 12.4. The largest absolute Gasteiger partial charge is 0.378 e. The number of nitrogens with one attached hydrogen (secondary N) is 2. The van der Waals surface area contributed by atoms with Gasteiger partial charge in [0.15, 0.2) is 5.82 Å². The second-order valence-electron chi connectivity index (χ2n) is 7.02. The predicted molar refractivity (Wildman–Crippen MR) is 118 cm³/mol. The summed E-state index contributed by atoms with van der Waals surface area (Å²) in [7, 11) is 0. The molecule has 0 saturated carbocycles. The first-order valence-electron chi connectivity index (χ1n) is 10.1. The standard InChI is InChI=1S/C23H25N5O2/c29-23(20-8-6-19(7-9-20)18-4-2-1-3-5-18)25-11-10-24-22-16-21(17-26-27-22)28-12-14-30-15-13-28/h1-9,16-17H,10-15H2,(H,24,27)(H,25,29). The molecule has 2 N–H and O–H groups in total. The summed E-state index contributed by atoms with van der Waals surface area (Å²) in [4.78, 5) is 14.6. The molecule has 1 aliphatic rings. The zero-order valence-electron chi connectivity index (χ0n) is 16.8. The van der Waals surface area contributed by atoms with Crippen LogP contribution in [0.1, 0.15) is 10.4 Å². The number of anilines is 2. The molecular formula is C23H25N5O2. The molecule has 2 heterocycles. The second kappa shape index (κ2) is 9.84. The van der Waals surface area contributed by atoms with Crippen molar-refractivity contribution in [2.45, 2.75) is 0 Å². The van der Waals surface area contributed by atoms with Crippen LogP contribution in [0.3, 0.4) is 0 Å². The zero-order chi connectivity index (χ0) is 20.6. The fraction of sp³-hybridized carbons (Fsp3) is 0.261. The second-order valence-corrected chi connectivity index (χ2v) is 7.02. The third-order valence-corrected chi connectivity index (χ3v) is 4.99. The molecule has 7 nitrogen and oxygen atoms in total. The van der Waals surface area contributed by atoms with Crippen LogP contribution in [0.4, 0.5) is 11.5 Å². The molecule has 1 fully saturated rings. The molecule has 1 aromatic heterocycles. The fourth-order valence-electron chi connectivity index (χ4n) is 3.35. The number of rotatable bonds is 7. The van der Waals surface area contributed by atoms with Gasteiger partial charge in [-0.2, -0.15) is 5.10 Å². The lowest BCUT2D eigenvalue weighted by Crippen LogP contribution is -2.36. The first kappa shape index (κ1) is 19.8. The Balaban J connectivity index is 1.25. The van der Waals surface area contributed by atoms with E-state index in [9.17, 15) is 4.79 Å². The Hall–Kier alpha value is -3.45. The molecule has 0 radical (unpaired) electrons. The van der Waals surface area contributed by atoms with Crippen LogP contribution >= 0.6 is 0 Å². The van der Waals surface area contributed by atoms with Crippen molar-refractivity contribution < 1.29 is 9.53 Å². The highest BCUT2D eigenvalue weighted by atomic mass is 16.5. The number of aromatic nitrogens is 2. The predicted octanol–water partition coefficient (Wildman–Crippen LogP) is 2.82. The Morgan fingerprint density at radius 3 is 2.47 bits per heavy atom. The summed E-state index contributed by atoms with van der Waals surface area (Å²) in [5.74, 6) is 0.602. The lowest BCUT2D eigenvalue weighted by atomic mass is 10.0. The fourth-order valence-corrected chi connectivity index (χ4v) is 3.35. The average molecular weight is 403 g/mol. The van der Waals surface area contributed by atoms with Gasteiger partial charge in [0.1, 0.15) is 0 Å². The van der Waals surface area contributed by atoms with Crippen molar-refractivity contribution in [1.29, 1.82) is 0 Å². The van der Waals surface area contributed by atoms with E-state index in [2.05, 4.69) is 37.9 Å². The third kappa shape index (κ3) is 5.12. The Morgan fingerprint density at radius 2 is 1.70 bits per heavy atom. The van der Waals surface area contributed by atoms with Gasteiger partial charge in [0.2, 0.25) is 0 Å². The van der Waals surface area contributed by atoms with Crippen molar-refractivity contribution >= 4 is 17.4 Å². The Kier molecular flexibility index (Phi) is 6.51. The van der Waals surface area contributed by atoms with Crippen molar-refractivity contribution in [3.05, 3.63) is 72.4 Å². The van der Waals surface area contributed by atoms with E-state index in [1.165, 1.54) is 0 Å². The van der Waals surface area contributed by atoms with E-state index >= 15 is 0 Å². The minimum atomic E-state index is -0.0930. The Morgan fingerprint density at radius 1 is 0.967 bits per heavy atom.